The van der Waals surface area contributed by atoms with Crippen molar-refractivity contribution in [3.63, 3.8) is 0 Å². The van der Waals surface area contributed by atoms with Gasteiger partial charge in [-0.15, -0.1) is 0 Å². The van der Waals surface area contributed by atoms with Crippen molar-refractivity contribution in [1.82, 2.24) is 10.6 Å². The Morgan fingerprint density at radius 3 is 2.07 bits per heavy atom. The number of unbranched alkanes of at least 4 members (excludes halogenated alkanes) is 1. The lowest BCUT2D eigenvalue weighted by atomic mass is 10.0. The van der Waals surface area contributed by atoms with Gasteiger partial charge in [0.25, 0.3) is 0 Å². The number of nitrogens with one attached hydrogen (secondary N) is 2. The third kappa shape index (κ3) is 7.09. The van der Waals surface area contributed by atoms with Crippen LogP contribution in [0.15, 0.2) is 48.5 Å². The Labute approximate surface area is 173 Å². The highest BCUT2D eigenvalue weighted by Crippen LogP contribution is 2.31. The summed E-state index contributed by atoms with van der Waals surface area (Å²) in [5.41, 5.74) is 1.73. The third-order valence-electron chi connectivity index (χ3n) is 4.67. The average Bonchev–Trinajstić information content (AvgIpc) is 2.70. The molecule has 1 unspecified atom stereocenters. The minimum Gasteiger partial charge on any atom is -0.465 e. The summed E-state index contributed by atoms with van der Waals surface area (Å²) in [4.78, 5) is 23.0. The fourth-order valence-corrected chi connectivity index (χ4v) is 2.99. The van der Waals surface area contributed by atoms with Crippen LogP contribution in [-0.4, -0.2) is 29.7 Å². The Balaban J connectivity index is 1.89. The maximum Gasteiger partial charge on any atom is 0.416 e. The average molecular weight is 422 g/mol. The Kier molecular flexibility index (Phi) is 8.26. The number of halogens is 3. The summed E-state index contributed by atoms with van der Waals surface area (Å²) >= 11 is 0. The van der Waals surface area contributed by atoms with Gasteiger partial charge in [0.05, 0.1) is 5.56 Å². The van der Waals surface area contributed by atoms with Crippen molar-refractivity contribution in [3.8, 4) is 11.1 Å². The molecular weight excluding hydrogens is 397 g/mol. The van der Waals surface area contributed by atoms with E-state index >= 15 is 0 Å². The van der Waals surface area contributed by atoms with E-state index in [0.29, 0.717) is 24.9 Å². The monoisotopic (exact) mass is 422 g/mol. The number of hydrogen-bond donors (Lipinski definition) is 3. The molecule has 0 spiro atoms. The molecule has 2 amide bonds. The summed E-state index contributed by atoms with van der Waals surface area (Å²) < 4.78 is 38.0. The minimum atomic E-state index is -4.36. The molecule has 5 nitrogen and oxygen atoms in total. The number of alkyl halides is 3. The summed E-state index contributed by atoms with van der Waals surface area (Å²) in [6.45, 7) is 2.31. The molecule has 0 radical (unpaired) electrons. The first kappa shape index (κ1) is 23.3. The summed E-state index contributed by atoms with van der Waals surface area (Å²) in [7, 11) is 0. The fourth-order valence-electron chi connectivity index (χ4n) is 2.99. The first-order valence-electron chi connectivity index (χ1n) is 9.74. The lowest BCUT2D eigenvalue weighted by molar-refractivity contribution is -0.137. The van der Waals surface area contributed by atoms with Crippen LogP contribution in [0.2, 0.25) is 0 Å². The lowest BCUT2D eigenvalue weighted by Gasteiger charge is -2.16. The van der Waals surface area contributed by atoms with Gasteiger partial charge >= 0.3 is 12.3 Å². The van der Waals surface area contributed by atoms with Crippen molar-refractivity contribution in [3.05, 3.63) is 59.7 Å². The first-order chi connectivity index (χ1) is 14.2. The zero-order valence-electron chi connectivity index (χ0n) is 16.6. The number of carbonyl (C=O) groups is 2. The molecule has 1 atom stereocenters. The molecule has 0 aliphatic rings. The predicted octanol–water partition coefficient (Wildman–Crippen LogP) is 4.86. The molecule has 0 saturated heterocycles. The smallest absolute Gasteiger partial charge is 0.416 e. The zero-order valence-corrected chi connectivity index (χ0v) is 16.6. The standard InChI is InChI=1S/C22H25F3N2O3/c1-2-3-4-19(27-21(29)30)20(28)26-14-13-15-5-7-16(8-6-15)17-9-11-18(12-10-17)22(23,24)25/h5-12,19,27H,2-4,13-14H2,1H3,(H,26,28)(H,29,30). The molecule has 0 aliphatic heterocycles. The molecule has 0 fully saturated rings. The maximum absolute atomic E-state index is 12.7. The first-order valence-corrected chi connectivity index (χ1v) is 9.74. The van der Waals surface area contributed by atoms with E-state index in [1.807, 2.05) is 31.2 Å². The highest BCUT2D eigenvalue weighted by Gasteiger charge is 2.29. The van der Waals surface area contributed by atoms with Crippen LogP contribution in [0, 0.1) is 0 Å². The van der Waals surface area contributed by atoms with Crippen LogP contribution in [0.3, 0.4) is 0 Å². The molecule has 8 heteroatoms. The van der Waals surface area contributed by atoms with Crippen molar-refractivity contribution in [2.45, 2.75) is 44.8 Å². The lowest BCUT2D eigenvalue weighted by Crippen LogP contribution is -2.46. The van der Waals surface area contributed by atoms with Gasteiger partial charge in [0.2, 0.25) is 5.91 Å². The molecule has 30 heavy (non-hydrogen) atoms. The summed E-state index contributed by atoms with van der Waals surface area (Å²) in [5, 5.41) is 13.8. The molecule has 0 heterocycles. The van der Waals surface area contributed by atoms with E-state index in [1.165, 1.54) is 12.1 Å². The SMILES string of the molecule is CCCCC(NC(=O)O)C(=O)NCCc1ccc(-c2ccc(C(F)(F)F)cc2)cc1. The Morgan fingerprint density at radius 2 is 1.57 bits per heavy atom. The third-order valence-corrected chi connectivity index (χ3v) is 4.67. The second-order valence-electron chi connectivity index (χ2n) is 6.96. The quantitative estimate of drug-likeness (QED) is 0.540. The van der Waals surface area contributed by atoms with Crippen molar-refractivity contribution < 1.29 is 27.9 Å². The molecule has 2 aromatic carbocycles. The topological polar surface area (TPSA) is 78.4 Å². The van der Waals surface area contributed by atoms with Crippen molar-refractivity contribution in [2.75, 3.05) is 6.54 Å². The van der Waals surface area contributed by atoms with Gasteiger partial charge in [-0.2, -0.15) is 13.2 Å². The van der Waals surface area contributed by atoms with Gasteiger partial charge in [-0.1, -0.05) is 56.2 Å². The molecular formula is C22H25F3N2O3. The molecule has 3 N–H and O–H groups in total. The molecule has 0 bridgehead atoms. The maximum atomic E-state index is 12.7. The van der Waals surface area contributed by atoms with Crippen LogP contribution in [0.4, 0.5) is 18.0 Å². The van der Waals surface area contributed by atoms with Gasteiger partial charge in [-0.25, -0.2) is 4.79 Å². The molecule has 0 saturated carbocycles. The predicted molar refractivity (Wildman–Crippen MR) is 108 cm³/mol. The number of carboxylic acid groups (broad SMARTS) is 1. The second-order valence-corrected chi connectivity index (χ2v) is 6.96. The number of rotatable bonds is 9. The molecule has 0 aliphatic carbocycles. The number of carbonyl (C=O) groups excluding carboxylic acids is 1. The Morgan fingerprint density at radius 1 is 1.00 bits per heavy atom. The van der Waals surface area contributed by atoms with Crippen molar-refractivity contribution >= 4 is 12.0 Å². The van der Waals surface area contributed by atoms with Gasteiger partial charge in [-0.05, 0) is 41.7 Å². The van der Waals surface area contributed by atoms with Crippen LogP contribution < -0.4 is 10.6 Å². The van der Waals surface area contributed by atoms with Gasteiger partial charge < -0.3 is 15.7 Å². The highest BCUT2D eigenvalue weighted by atomic mass is 19.4. The van der Waals surface area contributed by atoms with Crippen LogP contribution in [0.25, 0.3) is 11.1 Å². The van der Waals surface area contributed by atoms with Crippen LogP contribution in [-0.2, 0) is 17.4 Å². The summed E-state index contributed by atoms with van der Waals surface area (Å²) in [6, 6.07) is 11.5. The van der Waals surface area contributed by atoms with E-state index < -0.39 is 23.9 Å². The number of benzene rings is 2. The Hall–Kier alpha value is -3.03. The van der Waals surface area contributed by atoms with Crippen LogP contribution in [0.5, 0.6) is 0 Å². The van der Waals surface area contributed by atoms with E-state index in [-0.39, 0.29) is 5.91 Å². The van der Waals surface area contributed by atoms with Gasteiger partial charge in [0, 0.05) is 6.54 Å². The zero-order chi connectivity index (χ0) is 22.1. The fraction of sp³-hybridized carbons (Fsp3) is 0.364. The summed E-state index contributed by atoms with van der Waals surface area (Å²) in [5.74, 6) is -0.354. The van der Waals surface area contributed by atoms with E-state index in [0.717, 1.165) is 36.1 Å². The summed E-state index contributed by atoms with van der Waals surface area (Å²) in [6.07, 6.45) is -3.00. The van der Waals surface area contributed by atoms with Gasteiger partial charge in [-0.3, -0.25) is 4.79 Å². The number of hydrogen-bond acceptors (Lipinski definition) is 2. The molecule has 0 aromatic heterocycles. The largest absolute Gasteiger partial charge is 0.465 e. The van der Waals surface area contributed by atoms with Crippen molar-refractivity contribution in [2.24, 2.45) is 0 Å². The van der Waals surface area contributed by atoms with Crippen LogP contribution in [0.1, 0.15) is 37.3 Å². The second kappa shape index (κ2) is 10.7. The molecule has 2 aromatic rings. The molecule has 162 valence electrons. The normalized spacial score (nSPS) is 12.3. The molecule has 2 rings (SSSR count). The van der Waals surface area contributed by atoms with Crippen LogP contribution >= 0.6 is 0 Å². The van der Waals surface area contributed by atoms with Gasteiger partial charge in [0.15, 0.2) is 0 Å². The van der Waals surface area contributed by atoms with Gasteiger partial charge in [0.1, 0.15) is 6.04 Å². The van der Waals surface area contributed by atoms with E-state index in [9.17, 15) is 22.8 Å². The van der Waals surface area contributed by atoms with E-state index in [1.54, 1.807) is 0 Å². The highest BCUT2D eigenvalue weighted by molar-refractivity contribution is 5.85. The number of amides is 2. The van der Waals surface area contributed by atoms with E-state index in [2.05, 4.69) is 10.6 Å². The van der Waals surface area contributed by atoms with E-state index in [4.69, 9.17) is 5.11 Å². The van der Waals surface area contributed by atoms with Crippen molar-refractivity contribution in [1.29, 1.82) is 0 Å². The Bertz CT molecular complexity index is 834. The minimum absolute atomic E-state index is 0.350.